The van der Waals surface area contributed by atoms with Gasteiger partial charge in [-0.05, 0) is 11.6 Å². The molecule has 2 aromatic rings. The van der Waals surface area contributed by atoms with Gasteiger partial charge in [-0.15, -0.1) is 0 Å². The Bertz CT molecular complexity index is 776. The number of cyclic esters (lactones) is 2. The average Bonchev–Trinajstić information content (AvgIpc) is 2.52. The minimum absolute atomic E-state index is 0.409. The van der Waals surface area contributed by atoms with Crippen LogP contribution in [0.2, 0.25) is 0 Å². The quantitative estimate of drug-likeness (QED) is 0.485. The Labute approximate surface area is 128 Å². The van der Waals surface area contributed by atoms with Gasteiger partial charge in [-0.1, -0.05) is 48.5 Å². The fourth-order valence-corrected chi connectivity index (χ4v) is 2.63. The van der Waals surface area contributed by atoms with E-state index in [0.717, 1.165) is 11.3 Å². The molecule has 0 saturated heterocycles. The maximum atomic E-state index is 12.4. The number of carbonyl (C=O) groups excluding carboxylic acids is 2. The van der Waals surface area contributed by atoms with Crippen LogP contribution in [-0.2, 0) is 9.53 Å². The molecule has 3 rings (SSSR count). The van der Waals surface area contributed by atoms with Crippen LogP contribution >= 0.6 is 0 Å². The van der Waals surface area contributed by atoms with E-state index in [4.69, 9.17) is 4.74 Å². The van der Waals surface area contributed by atoms with Crippen LogP contribution < -0.4 is 0 Å². The fourth-order valence-electron chi connectivity index (χ4n) is 2.63. The number of hydrogen-bond acceptors (Lipinski definition) is 4. The van der Waals surface area contributed by atoms with Gasteiger partial charge in [-0.3, -0.25) is 0 Å². The van der Waals surface area contributed by atoms with Crippen molar-refractivity contribution in [3.8, 4) is 0 Å². The predicted octanol–water partition coefficient (Wildman–Crippen LogP) is 2.81. The largest absolute Gasteiger partial charge is 0.386 e. The van der Waals surface area contributed by atoms with E-state index in [9.17, 15) is 9.59 Å². The number of carbonyl (C=O) groups is 2. The monoisotopic (exact) mass is 293 g/mol. The van der Waals surface area contributed by atoms with Gasteiger partial charge in [0.05, 0.1) is 16.8 Å². The van der Waals surface area contributed by atoms with Crippen LogP contribution in [0.4, 0.5) is 0 Å². The van der Waals surface area contributed by atoms with E-state index in [1.54, 1.807) is 18.2 Å². The standard InChI is InChI=1S/C18H15NO3/c1-19(2)16(12-8-4-3-5-9-12)15-13-10-6-7-11-14(13)17(20)22-18(15)21/h3-11H,1-2H3. The SMILES string of the molecule is CN(C)C(=C1C(=O)OC(=O)c2ccccc21)c1ccccc1. The molecule has 2 aromatic carbocycles. The van der Waals surface area contributed by atoms with Gasteiger partial charge in [-0.2, -0.15) is 0 Å². The summed E-state index contributed by atoms with van der Waals surface area (Å²) in [5, 5.41) is 0. The molecule has 0 aromatic heterocycles. The van der Waals surface area contributed by atoms with Gasteiger partial charge in [-0.25, -0.2) is 9.59 Å². The van der Waals surface area contributed by atoms with Gasteiger partial charge in [0, 0.05) is 19.7 Å². The first-order valence-corrected chi connectivity index (χ1v) is 6.92. The van der Waals surface area contributed by atoms with Crippen molar-refractivity contribution >= 4 is 23.2 Å². The molecule has 0 aliphatic carbocycles. The number of nitrogens with zero attached hydrogens (tertiary/aromatic N) is 1. The lowest BCUT2D eigenvalue weighted by Gasteiger charge is -2.25. The summed E-state index contributed by atoms with van der Waals surface area (Å²) >= 11 is 0. The number of esters is 2. The topological polar surface area (TPSA) is 46.6 Å². The first-order valence-electron chi connectivity index (χ1n) is 6.92. The van der Waals surface area contributed by atoms with Gasteiger partial charge in [0.1, 0.15) is 0 Å². The molecule has 0 N–H and O–H groups in total. The van der Waals surface area contributed by atoms with E-state index in [0.29, 0.717) is 16.7 Å². The lowest BCUT2D eigenvalue weighted by molar-refractivity contribution is -0.131. The molecule has 0 fully saturated rings. The van der Waals surface area contributed by atoms with Gasteiger partial charge < -0.3 is 9.64 Å². The van der Waals surface area contributed by atoms with E-state index in [2.05, 4.69) is 0 Å². The average molecular weight is 293 g/mol. The molecular weight excluding hydrogens is 278 g/mol. The molecular formula is C18H15NO3. The second-order valence-corrected chi connectivity index (χ2v) is 5.21. The van der Waals surface area contributed by atoms with E-state index in [1.165, 1.54) is 0 Å². The molecule has 0 radical (unpaired) electrons. The third-order valence-electron chi connectivity index (χ3n) is 3.54. The summed E-state index contributed by atoms with van der Waals surface area (Å²) < 4.78 is 4.92. The van der Waals surface area contributed by atoms with Gasteiger partial charge in [0.2, 0.25) is 0 Å². The zero-order valence-electron chi connectivity index (χ0n) is 12.4. The van der Waals surface area contributed by atoms with Gasteiger partial charge in [0.15, 0.2) is 0 Å². The maximum Gasteiger partial charge on any atom is 0.348 e. The van der Waals surface area contributed by atoms with Gasteiger partial charge in [0.25, 0.3) is 0 Å². The van der Waals surface area contributed by atoms with E-state index >= 15 is 0 Å². The molecule has 4 nitrogen and oxygen atoms in total. The van der Waals surface area contributed by atoms with Crippen molar-refractivity contribution in [1.29, 1.82) is 0 Å². The summed E-state index contributed by atoms with van der Waals surface area (Å²) in [6.07, 6.45) is 0. The summed E-state index contributed by atoms with van der Waals surface area (Å²) in [7, 11) is 3.73. The molecule has 110 valence electrons. The minimum Gasteiger partial charge on any atom is -0.386 e. The zero-order valence-corrected chi connectivity index (χ0v) is 12.4. The molecule has 1 aliphatic heterocycles. The van der Waals surface area contributed by atoms with Crippen LogP contribution in [0, 0.1) is 0 Å². The van der Waals surface area contributed by atoms with Crippen LogP contribution in [0.3, 0.4) is 0 Å². The summed E-state index contributed by atoms with van der Waals surface area (Å²) in [6, 6.07) is 16.6. The molecule has 22 heavy (non-hydrogen) atoms. The lowest BCUT2D eigenvalue weighted by Crippen LogP contribution is -2.25. The Kier molecular flexibility index (Phi) is 3.51. The third-order valence-corrected chi connectivity index (χ3v) is 3.54. The molecule has 1 heterocycles. The summed E-state index contributed by atoms with van der Waals surface area (Å²) in [5.74, 6) is -1.22. The molecule has 4 heteroatoms. The summed E-state index contributed by atoms with van der Waals surface area (Å²) in [6.45, 7) is 0. The van der Waals surface area contributed by atoms with E-state index in [1.807, 2.05) is 55.4 Å². The first kappa shape index (κ1) is 14.1. The van der Waals surface area contributed by atoms with Crippen LogP contribution in [-0.4, -0.2) is 30.9 Å². The summed E-state index contributed by atoms with van der Waals surface area (Å²) in [5.41, 5.74) is 3.05. The highest BCUT2D eigenvalue weighted by Crippen LogP contribution is 2.34. The lowest BCUT2D eigenvalue weighted by atomic mass is 9.93. The predicted molar refractivity (Wildman–Crippen MR) is 83.8 cm³/mol. The Morgan fingerprint density at radius 3 is 2.05 bits per heavy atom. The normalized spacial score (nSPS) is 15.9. The Balaban J connectivity index is 2.33. The minimum atomic E-state index is -0.615. The Morgan fingerprint density at radius 2 is 1.41 bits per heavy atom. The number of ether oxygens (including phenoxy) is 1. The Morgan fingerprint density at radius 1 is 0.818 bits per heavy atom. The smallest absolute Gasteiger partial charge is 0.348 e. The molecule has 0 bridgehead atoms. The van der Waals surface area contributed by atoms with Crippen molar-refractivity contribution in [3.63, 3.8) is 0 Å². The highest BCUT2D eigenvalue weighted by atomic mass is 16.6. The molecule has 0 unspecified atom stereocenters. The van der Waals surface area contributed by atoms with Crippen LogP contribution in [0.25, 0.3) is 11.3 Å². The van der Waals surface area contributed by atoms with Crippen molar-refractivity contribution in [2.24, 2.45) is 0 Å². The first-order chi connectivity index (χ1) is 10.6. The van der Waals surface area contributed by atoms with E-state index < -0.39 is 11.9 Å². The van der Waals surface area contributed by atoms with Crippen LogP contribution in [0.15, 0.2) is 54.6 Å². The van der Waals surface area contributed by atoms with Crippen LogP contribution in [0.1, 0.15) is 21.5 Å². The number of rotatable bonds is 2. The second-order valence-electron chi connectivity index (χ2n) is 5.21. The number of benzene rings is 2. The molecule has 0 amide bonds. The van der Waals surface area contributed by atoms with Crippen molar-refractivity contribution in [2.75, 3.05) is 14.1 Å². The molecule has 0 saturated carbocycles. The van der Waals surface area contributed by atoms with Crippen molar-refractivity contribution in [2.45, 2.75) is 0 Å². The van der Waals surface area contributed by atoms with Crippen molar-refractivity contribution in [3.05, 3.63) is 71.3 Å². The van der Waals surface area contributed by atoms with Gasteiger partial charge >= 0.3 is 11.9 Å². The van der Waals surface area contributed by atoms with Crippen molar-refractivity contribution < 1.29 is 14.3 Å². The third kappa shape index (κ3) is 2.29. The molecule has 0 spiro atoms. The Hall–Kier alpha value is -2.88. The number of fused-ring (bicyclic) bond motifs is 1. The highest BCUT2D eigenvalue weighted by molar-refractivity contribution is 6.31. The number of hydrogen-bond donors (Lipinski definition) is 0. The van der Waals surface area contributed by atoms with Crippen LogP contribution in [0.5, 0.6) is 0 Å². The fraction of sp³-hybridized carbons (Fsp3) is 0.111. The maximum absolute atomic E-state index is 12.4. The second kappa shape index (κ2) is 5.48. The highest BCUT2D eigenvalue weighted by Gasteiger charge is 2.32. The summed E-state index contributed by atoms with van der Waals surface area (Å²) in [4.78, 5) is 26.1. The molecule has 1 aliphatic rings. The van der Waals surface area contributed by atoms with E-state index in [-0.39, 0.29) is 0 Å². The zero-order chi connectivity index (χ0) is 15.7. The van der Waals surface area contributed by atoms with Crippen molar-refractivity contribution in [1.82, 2.24) is 4.90 Å². The molecule has 0 atom stereocenters.